The Morgan fingerprint density at radius 3 is 2.43 bits per heavy atom. The lowest BCUT2D eigenvalue weighted by Crippen LogP contribution is -2.41. The number of alkyl halides is 1. The van der Waals surface area contributed by atoms with E-state index in [1.165, 1.54) is 0 Å². The Bertz CT molecular complexity index is 174. The second-order valence-corrected chi connectivity index (χ2v) is 5.00. The zero-order chi connectivity index (χ0) is 11.1. The molecular weight excluding hydrogens is 246 g/mol. The van der Waals surface area contributed by atoms with Crippen LogP contribution in [0.4, 0.5) is 0 Å². The fraction of sp³-hybridized carbons (Fsp3) is 0.900. The highest BCUT2D eigenvalue weighted by Crippen LogP contribution is 2.08. The van der Waals surface area contributed by atoms with Crippen molar-refractivity contribution in [2.75, 3.05) is 6.61 Å². The number of nitrogens with one attached hydrogen (secondary N) is 1. The molecule has 0 fully saturated rings. The molecule has 2 N–H and O–H groups in total. The summed E-state index contributed by atoms with van der Waals surface area (Å²) in [5.74, 6) is 0.440. The van der Waals surface area contributed by atoms with Gasteiger partial charge in [0.25, 0.3) is 0 Å². The number of carbonyl (C=O) groups is 1. The summed E-state index contributed by atoms with van der Waals surface area (Å²) in [6, 6.07) is -0.117. The minimum absolute atomic E-state index is 0.00730. The van der Waals surface area contributed by atoms with E-state index in [2.05, 4.69) is 35.1 Å². The zero-order valence-electron chi connectivity index (χ0n) is 9.09. The molecule has 0 aliphatic heterocycles. The summed E-state index contributed by atoms with van der Waals surface area (Å²) in [4.78, 5) is 11.3. The van der Waals surface area contributed by atoms with Crippen LogP contribution in [0.25, 0.3) is 0 Å². The monoisotopic (exact) mass is 265 g/mol. The molecule has 0 heterocycles. The Labute approximate surface area is 94.4 Å². The third kappa shape index (κ3) is 5.60. The van der Waals surface area contributed by atoms with E-state index in [4.69, 9.17) is 5.11 Å². The van der Waals surface area contributed by atoms with Crippen molar-refractivity contribution < 1.29 is 9.90 Å². The van der Waals surface area contributed by atoms with Crippen LogP contribution in [0.3, 0.4) is 0 Å². The Hall–Kier alpha value is -0.0900. The van der Waals surface area contributed by atoms with E-state index in [9.17, 15) is 4.79 Å². The fourth-order valence-corrected chi connectivity index (χ4v) is 1.36. The average Bonchev–Trinajstić information content (AvgIpc) is 2.14. The third-order valence-electron chi connectivity index (χ3n) is 1.97. The molecule has 2 unspecified atom stereocenters. The molecule has 0 aromatic heterocycles. The lowest BCUT2D eigenvalue weighted by atomic mass is 10.0. The first kappa shape index (κ1) is 13.9. The number of halogens is 1. The van der Waals surface area contributed by atoms with E-state index in [1.807, 2.05) is 6.92 Å². The van der Waals surface area contributed by atoms with Crippen molar-refractivity contribution in [1.29, 1.82) is 0 Å². The lowest BCUT2D eigenvalue weighted by Gasteiger charge is -2.19. The standard InChI is InChI=1S/C10H20BrNO2/c1-4-9(11)10(14)12-8(6-13)5-7(2)3/h7-9,13H,4-6H2,1-3H3,(H,12,14). The number of hydrogen-bond acceptors (Lipinski definition) is 2. The van der Waals surface area contributed by atoms with E-state index in [0.29, 0.717) is 5.92 Å². The van der Waals surface area contributed by atoms with Crippen LogP contribution in [0, 0.1) is 5.92 Å². The second-order valence-electron chi connectivity index (χ2n) is 3.89. The average molecular weight is 266 g/mol. The first-order valence-corrected chi connectivity index (χ1v) is 5.98. The van der Waals surface area contributed by atoms with E-state index >= 15 is 0 Å². The Kier molecular flexibility index (Phi) is 7.19. The first-order chi connectivity index (χ1) is 6.51. The summed E-state index contributed by atoms with van der Waals surface area (Å²) in [5, 5.41) is 11.9. The summed E-state index contributed by atoms with van der Waals surface area (Å²) >= 11 is 3.27. The largest absolute Gasteiger partial charge is 0.394 e. The van der Waals surface area contributed by atoms with Gasteiger partial charge >= 0.3 is 0 Å². The fourth-order valence-electron chi connectivity index (χ4n) is 1.23. The van der Waals surface area contributed by atoms with E-state index < -0.39 is 0 Å². The maximum absolute atomic E-state index is 11.5. The first-order valence-electron chi connectivity index (χ1n) is 5.06. The molecule has 4 heteroatoms. The highest BCUT2D eigenvalue weighted by Gasteiger charge is 2.17. The molecule has 3 nitrogen and oxygen atoms in total. The lowest BCUT2D eigenvalue weighted by molar-refractivity contribution is -0.121. The summed E-state index contributed by atoms with van der Waals surface area (Å²) in [5.41, 5.74) is 0. The number of hydrogen-bond donors (Lipinski definition) is 2. The topological polar surface area (TPSA) is 49.3 Å². The van der Waals surface area contributed by atoms with Crippen LogP contribution in [0.1, 0.15) is 33.6 Å². The Balaban J connectivity index is 3.98. The smallest absolute Gasteiger partial charge is 0.234 e. The quantitative estimate of drug-likeness (QED) is 0.719. The van der Waals surface area contributed by atoms with Crippen molar-refractivity contribution in [3.8, 4) is 0 Å². The van der Waals surface area contributed by atoms with E-state index in [1.54, 1.807) is 0 Å². The van der Waals surface area contributed by atoms with Crippen molar-refractivity contribution in [3.05, 3.63) is 0 Å². The van der Waals surface area contributed by atoms with Gasteiger partial charge in [-0.3, -0.25) is 4.79 Å². The van der Waals surface area contributed by atoms with Crippen molar-refractivity contribution in [2.45, 2.75) is 44.5 Å². The number of aliphatic hydroxyl groups is 1. The minimum Gasteiger partial charge on any atom is -0.394 e. The predicted octanol–water partition coefficient (Wildman–Crippen LogP) is 1.68. The highest BCUT2D eigenvalue weighted by atomic mass is 79.9. The molecule has 1 amide bonds. The molecule has 2 atom stereocenters. The number of aliphatic hydroxyl groups excluding tert-OH is 1. The van der Waals surface area contributed by atoms with Gasteiger partial charge in [-0.1, -0.05) is 36.7 Å². The van der Waals surface area contributed by atoms with Gasteiger partial charge in [-0.25, -0.2) is 0 Å². The molecular formula is C10H20BrNO2. The van der Waals surface area contributed by atoms with E-state index in [-0.39, 0.29) is 23.4 Å². The van der Waals surface area contributed by atoms with Gasteiger partial charge in [-0.05, 0) is 18.8 Å². The normalized spacial score (nSPS) is 15.3. The van der Waals surface area contributed by atoms with Gasteiger partial charge in [0.15, 0.2) is 0 Å². The van der Waals surface area contributed by atoms with Crippen LogP contribution in [0.5, 0.6) is 0 Å². The maximum Gasteiger partial charge on any atom is 0.234 e. The summed E-state index contributed by atoms with van der Waals surface area (Å²) in [6.45, 7) is 6.09. The Morgan fingerprint density at radius 2 is 2.07 bits per heavy atom. The molecule has 0 aromatic carbocycles. The number of amides is 1. The predicted molar refractivity (Wildman–Crippen MR) is 61.5 cm³/mol. The van der Waals surface area contributed by atoms with Crippen LogP contribution in [0.15, 0.2) is 0 Å². The molecule has 0 saturated heterocycles. The van der Waals surface area contributed by atoms with Crippen LogP contribution in [-0.2, 0) is 4.79 Å². The van der Waals surface area contributed by atoms with Crippen LogP contribution < -0.4 is 5.32 Å². The van der Waals surface area contributed by atoms with Crippen LogP contribution in [-0.4, -0.2) is 28.5 Å². The maximum atomic E-state index is 11.5. The number of rotatable bonds is 6. The van der Waals surface area contributed by atoms with E-state index in [0.717, 1.165) is 12.8 Å². The van der Waals surface area contributed by atoms with Gasteiger partial charge in [0.2, 0.25) is 5.91 Å². The molecule has 0 radical (unpaired) electrons. The van der Waals surface area contributed by atoms with Crippen molar-refractivity contribution in [2.24, 2.45) is 5.92 Å². The highest BCUT2D eigenvalue weighted by molar-refractivity contribution is 9.10. The van der Waals surface area contributed by atoms with Crippen molar-refractivity contribution in [3.63, 3.8) is 0 Å². The molecule has 0 bridgehead atoms. The molecule has 0 spiro atoms. The SMILES string of the molecule is CCC(Br)C(=O)NC(CO)CC(C)C. The van der Waals surface area contributed by atoms with Gasteiger partial charge < -0.3 is 10.4 Å². The molecule has 84 valence electrons. The summed E-state index contributed by atoms with van der Waals surface area (Å²) in [7, 11) is 0. The van der Waals surface area contributed by atoms with Gasteiger partial charge in [0.05, 0.1) is 17.5 Å². The third-order valence-corrected chi connectivity index (χ3v) is 3.03. The zero-order valence-corrected chi connectivity index (χ0v) is 10.7. The van der Waals surface area contributed by atoms with Crippen molar-refractivity contribution in [1.82, 2.24) is 5.32 Å². The summed E-state index contributed by atoms with van der Waals surface area (Å²) < 4.78 is 0. The Morgan fingerprint density at radius 1 is 1.50 bits per heavy atom. The van der Waals surface area contributed by atoms with Gasteiger partial charge in [0, 0.05) is 0 Å². The van der Waals surface area contributed by atoms with Gasteiger partial charge in [-0.2, -0.15) is 0 Å². The molecule has 0 aromatic rings. The molecule has 0 aliphatic rings. The van der Waals surface area contributed by atoms with Gasteiger partial charge in [0.1, 0.15) is 0 Å². The van der Waals surface area contributed by atoms with Gasteiger partial charge in [-0.15, -0.1) is 0 Å². The molecule has 0 saturated carbocycles. The minimum atomic E-state index is -0.149. The van der Waals surface area contributed by atoms with Crippen LogP contribution >= 0.6 is 15.9 Å². The van der Waals surface area contributed by atoms with Crippen molar-refractivity contribution >= 4 is 21.8 Å². The number of carbonyl (C=O) groups excluding carboxylic acids is 1. The molecule has 0 aliphatic carbocycles. The summed E-state index contributed by atoms with van der Waals surface area (Å²) in [6.07, 6.45) is 1.57. The molecule has 14 heavy (non-hydrogen) atoms. The van der Waals surface area contributed by atoms with Crippen LogP contribution in [0.2, 0.25) is 0 Å². The second kappa shape index (κ2) is 7.23. The molecule has 0 rings (SSSR count).